The number of carbonyl (C=O) groups is 1. The maximum atomic E-state index is 12.7. The lowest BCUT2D eigenvalue weighted by Gasteiger charge is -2.35. The summed E-state index contributed by atoms with van der Waals surface area (Å²) in [6.07, 6.45) is 2.03. The highest BCUT2D eigenvalue weighted by molar-refractivity contribution is 7.87. The van der Waals surface area contributed by atoms with E-state index in [0.29, 0.717) is 18.6 Å². The van der Waals surface area contributed by atoms with E-state index < -0.39 is 15.5 Å². The molecule has 5 nitrogen and oxygen atoms in total. The topological polar surface area (TPSA) is 69.7 Å². The van der Waals surface area contributed by atoms with Crippen LogP contribution in [0.15, 0.2) is 94.7 Å². The van der Waals surface area contributed by atoms with Crippen molar-refractivity contribution < 1.29 is 22.1 Å². The van der Waals surface area contributed by atoms with Gasteiger partial charge in [0.05, 0.1) is 11.2 Å². The second kappa shape index (κ2) is 11.4. The van der Waals surface area contributed by atoms with Gasteiger partial charge >= 0.3 is 10.1 Å². The third-order valence-electron chi connectivity index (χ3n) is 7.80. The third-order valence-corrected chi connectivity index (χ3v) is 10.2. The molecule has 0 spiro atoms. The molecule has 2 saturated carbocycles. The van der Waals surface area contributed by atoms with Crippen molar-refractivity contribution in [1.29, 1.82) is 0 Å². The van der Waals surface area contributed by atoms with Gasteiger partial charge in [0.1, 0.15) is 22.9 Å². The predicted molar refractivity (Wildman–Crippen MR) is 158 cm³/mol. The Kier molecular flexibility index (Phi) is 8.52. The standard InChI is InChI=1S/C20H28O5S.C12H10S/c1-18(2,3)24-15-6-8-16(9-7-15)25-26(22,23)13-20-11-10-14(12-17(20)21)19(20,4)5;1-3-7-11(8-4-1)13-12-9-5-2-6-10-12/h6-9,14H,10-13H2,1-5H3;1-10H/p+1. The summed E-state index contributed by atoms with van der Waals surface area (Å²) in [5, 5.41) is 0. The van der Waals surface area contributed by atoms with Gasteiger partial charge in [0, 0.05) is 18.2 Å². The monoisotopic (exact) mass is 567 g/mol. The first kappa shape index (κ1) is 29.2. The Morgan fingerprint density at radius 3 is 1.79 bits per heavy atom. The van der Waals surface area contributed by atoms with Crippen LogP contribution in [0.5, 0.6) is 11.5 Å². The van der Waals surface area contributed by atoms with E-state index in [1.807, 2.05) is 46.8 Å². The van der Waals surface area contributed by atoms with E-state index in [2.05, 4.69) is 48.5 Å². The van der Waals surface area contributed by atoms with Gasteiger partial charge in [-0.1, -0.05) is 50.2 Å². The largest absolute Gasteiger partial charge is 0.488 e. The normalized spacial score (nSPS) is 21.7. The summed E-state index contributed by atoms with van der Waals surface area (Å²) in [7, 11) is -3.88. The Morgan fingerprint density at radius 1 is 0.846 bits per heavy atom. The Morgan fingerprint density at radius 2 is 1.36 bits per heavy atom. The number of rotatable bonds is 7. The van der Waals surface area contributed by atoms with Crippen molar-refractivity contribution in [1.82, 2.24) is 0 Å². The van der Waals surface area contributed by atoms with Crippen LogP contribution in [0, 0.1) is 16.7 Å². The Labute approximate surface area is 237 Å². The average molecular weight is 568 g/mol. The zero-order valence-electron chi connectivity index (χ0n) is 23.4. The van der Waals surface area contributed by atoms with Crippen LogP contribution < -0.4 is 8.92 Å². The van der Waals surface area contributed by atoms with Crippen molar-refractivity contribution in [2.24, 2.45) is 16.7 Å². The summed E-state index contributed by atoms with van der Waals surface area (Å²) in [4.78, 5) is 15.2. The van der Waals surface area contributed by atoms with E-state index in [0.717, 1.165) is 6.42 Å². The molecule has 0 saturated heterocycles. The second-order valence-corrected chi connectivity index (χ2v) is 14.7. The molecule has 3 aromatic rings. The molecule has 0 aromatic heterocycles. The van der Waals surface area contributed by atoms with Crippen molar-refractivity contribution in [3.05, 3.63) is 84.9 Å². The van der Waals surface area contributed by atoms with E-state index in [1.165, 1.54) is 21.6 Å². The van der Waals surface area contributed by atoms with Gasteiger partial charge in [-0.2, -0.15) is 8.42 Å². The minimum Gasteiger partial charge on any atom is -0.488 e. The zero-order valence-corrected chi connectivity index (χ0v) is 25.1. The van der Waals surface area contributed by atoms with Crippen LogP contribution in [0.25, 0.3) is 0 Å². The van der Waals surface area contributed by atoms with Gasteiger partial charge in [0.25, 0.3) is 0 Å². The smallest absolute Gasteiger partial charge is 0.310 e. The molecule has 7 heteroatoms. The lowest BCUT2D eigenvalue weighted by atomic mass is 9.70. The molecule has 2 unspecified atom stereocenters. The second-order valence-electron chi connectivity index (χ2n) is 11.9. The summed E-state index contributed by atoms with van der Waals surface area (Å²) < 4.78 is 36.4. The summed E-state index contributed by atoms with van der Waals surface area (Å²) in [5.41, 5.74) is -1.45. The van der Waals surface area contributed by atoms with Gasteiger partial charge in [-0.25, -0.2) is 0 Å². The molecule has 2 atom stereocenters. The third kappa shape index (κ3) is 7.06. The van der Waals surface area contributed by atoms with Crippen LogP contribution in [-0.2, 0) is 26.7 Å². The molecule has 2 fully saturated rings. The molecule has 0 heterocycles. The average Bonchev–Trinajstić information content (AvgIpc) is 3.20. The number of carbonyl (C=O) groups excluding carboxylic acids is 1. The molecule has 2 aliphatic carbocycles. The quantitative estimate of drug-likeness (QED) is 0.177. The van der Waals surface area contributed by atoms with Gasteiger partial charge in [0.15, 0.2) is 9.79 Å². The Hall–Kier alpha value is -2.77. The molecule has 0 N–H and O–H groups in total. The van der Waals surface area contributed by atoms with Crippen molar-refractivity contribution >= 4 is 27.7 Å². The zero-order chi connectivity index (χ0) is 28.3. The highest BCUT2D eigenvalue weighted by Crippen LogP contribution is 2.64. The van der Waals surface area contributed by atoms with Crippen LogP contribution >= 0.6 is 0 Å². The SMILES string of the molecule is CC(C)(C)Oc1ccc(OS(=O)(=O)CC23CCC(CC2=O)C3(C)C)cc1.c1ccc([SH+]c2ccccc2)cc1. The lowest BCUT2D eigenvalue weighted by Crippen LogP contribution is -2.43. The number of fused-ring (bicyclic) bond motifs is 2. The van der Waals surface area contributed by atoms with Crippen molar-refractivity contribution in [3.63, 3.8) is 0 Å². The van der Waals surface area contributed by atoms with Crippen LogP contribution in [-0.4, -0.2) is 25.6 Å². The molecule has 3 aromatic carbocycles. The van der Waals surface area contributed by atoms with E-state index in [-0.39, 0.29) is 34.2 Å². The molecule has 5 rings (SSSR count). The first-order valence-electron chi connectivity index (χ1n) is 13.4. The fourth-order valence-electron chi connectivity index (χ4n) is 5.66. The van der Waals surface area contributed by atoms with Crippen LogP contribution in [0.4, 0.5) is 0 Å². The fourth-order valence-corrected chi connectivity index (χ4v) is 8.34. The number of ether oxygens (including phenoxy) is 1. The van der Waals surface area contributed by atoms with E-state index in [9.17, 15) is 13.2 Å². The Balaban J connectivity index is 0.000000226. The van der Waals surface area contributed by atoms with E-state index >= 15 is 0 Å². The number of thiol groups is 1. The number of ketones is 1. The van der Waals surface area contributed by atoms with Crippen molar-refractivity contribution in [2.75, 3.05) is 5.75 Å². The predicted octanol–water partition coefficient (Wildman–Crippen LogP) is 6.89. The minimum absolute atomic E-state index is 0.0693. The number of hydrogen-bond acceptors (Lipinski definition) is 5. The Bertz CT molecular complexity index is 1320. The summed E-state index contributed by atoms with van der Waals surface area (Å²) in [5.74, 6) is 0.980. The minimum atomic E-state index is -3.88. The van der Waals surface area contributed by atoms with Crippen LogP contribution in [0.3, 0.4) is 0 Å². The molecule has 208 valence electrons. The summed E-state index contributed by atoms with van der Waals surface area (Å²) in [6.45, 7) is 9.86. The summed E-state index contributed by atoms with van der Waals surface area (Å²) >= 11 is 1.28. The summed E-state index contributed by atoms with van der Waals surface area (Å²) in [6, 6.07) is 27.5. The molecule has 0 amide bonds. The van der Waals surface area contributed by atoms with Crippen molar-refractivity contribution in [2.45, 2.75) is 69.3 Å². The van der Waals surface area contributed by atoms with Crippen LogP contribution in [0.1, 0.15) is 53.9 Å². The maximum absolute atomic E-state index is 12.7. The van der Waals surface area contributed by atoms with Gasteiger partial charge in [0.2, 0.25) is 0 Å². The first-order chi connectivity index (χ1) is 18.3. The first-order valence-corrected chi connectivity index (χ1v) is 15.8. The maximum Gasteiger partial charge on any atom is 0.310 e. The van der Waals surface area contributed by atoms with E-state index in [1.54, 1.807) is 24.3 Å². The molecule has 0 radical (unpaired) electrons. The van der Waals surface area contributed by atoms with Crippen LogP contribution in [0.2, 0.25) is 0 Å². The van der Waals surface area contributed by atoms with E-state index in [4.69, 9.17) is 8.92 Å². The van der Waals surface area contributed by atoms with Gasteiger partial charge in [-0.15, -0.1) is 0 Å². The van der Waals surface area contributed by atoms with Gasteiger partial charge in [-0.3, -0.25) is 4.79 Å². The molecule has 0 aliphatic heterocycles. The number of Topliss-reactive ketones (excluding diaryl/α,β-unsaturated/α-hetero) is 1. The molecule has 2 bridgehead atoms. The fraction of sp³-hybridized carbons (Fsp3) is 0.406. The van der Waals surface area contributed by atoms with Crippen molar-refractivity contribution in [3.8, 4) is 11.5 Å². The van der Waals surface area contributed by atoms with Gasteiger partial charge in [-0.05, 0) is 93.5 Å². The number of hydrogen-bond donors (Lipinski definition) is 0. The van der Waals surface area contributed by atoms with Gasteiger partial charge < -0.3 is 8.92 Å². The molecule has 2 aliphatic rings. The molecular weight excluding hydrogens is 528 g/mol. The lowest BCUT2D eigenvalue weighted by molar-refractivity contribution is -0.128. The highest BCUT2D eigenvalue weighted by Gasteiger charge is 2.65. The number of benzene rings is 3. The molecular formula is C32H39O5S2+. The molecule has 39 heavy (non-hydrogen) atoms. The highest BCUT2D eigenvalue weighted by atomic mass is 32.2.